The normalized spacial score (nSPS) is 10.5. The second-order valence-electron chi connectivity index (χ2n) is 6.16. The minimum atomic E-state index is -0.335. The van der Waals surface area contributed by atoms with Crippen molar-refractivity contribution in [1.82, 2.24) is 0 Å². The van der Waals surface area contributed by atoms with Crippen LogP contribution < -0.4 is 9.47 Å². The minimum absolute atomic E-state index is 0.204. The van der Waals surface area contributed by atoms with E-state index in [1.807, 2.05) is 0 Å². The summed E-state index contributed by atoms with van der Waals surface area (Å²) in [7, 11) is 0. The van der Waals surface area contributed by atoms with E-state index >= 15 is 0 Å². The standard InChI is InChI=1S/C20H29ClO4/c1-3-5-7-9-11-19(22)24-17-14-13-16(21)15-18(17)25-20(23)12-10-8-6-4-2/h13-15H,3-12H2,1-2H3. The molecule has 1 aromatic rings. The quantitative estimate of drug-likeness (QED) is 0.254. The lowest BCUT2D eigenvalue weighted by Crippen LogP contribution is -2.12. The van der Waals surface area contributed by atoms with Crippen LogP contribution >= 0.6 is 11.6 Å². The summed E-state index contributed by atoms with van der Waals surface area (Å²) >= 11 is 5.97. The van der Waals surface area contributed by atoms with Gasteiger partial charge >= 0.3 is 11.9 Å². The molecule has 0 saturated heterocycles. The summed E-state index contributed by atoms with van der Waals surface area (Å²) in [6, 6.07) is 4.68. The number of halogens is 1. The van der Waals surface area contributed by atoms with Crippen molar-refractivity contribution in [3.05, 3.63) is 23.2 Å². The van der Waals surface area contributed by atoms with Gasteiger partial charge in [-0.1, -0.05) is 64.0 Å². The Kier molecular flexibility index (Phi) is 11.0. The predicted molar refractivity (Wildman–Crippen MR) is 100 cm³/mol. The largest absolute Gasteiger partial charge is 0.423 e. The summed E-state index contributed by atoms with van der Waals surface area (Å²) in [5, 5.41) is 0.427. The Balaban J connectivity index is 2.56. The maximum Gasteiger partial charge on any atom is 0.311 e. The number of hydrogen-bond donors (Lipinski definition) is 0. The average molecular weight is 369 g/mol. The lowest BCUT2D eigenvalue weighted by atomic mass is 10.1. The van der Waals surface area contributed by atoms with Crippen LogP contribution in [0.3, 0.4) is 0 Å². The van der Waals surface area contributed by atoms with Crippen molar-refractivity contribution >= 4 is 23.5 Å². The highest BCUT2D eigenvalue weighted by atomic mass is 35.5. The summed E-state index contributed by atoms with van der Waals surface area (Å²) in [4.78, 5) is 23.9. The lowest BCUT2D eigenvalue weighted by molar-refractivity contribution is -0.137. The third kappa shape index (κ3) is 9.49. The van der Waals surface area contributed by atoms with E-state index in [1.165, 1.54) is 6.07 Å². The molecule has 0 atom stereocenters. The van der Waals surface area contributed by atoms with Crippen molar-refractivity contribution < 1.29 is 19.1 Å². The van der Waals surface area contributed by atoms with Crippen molar-refractivity contribution in [2.45, 2.75) is 78.1 Å². The molecule has 1 rings (SSSR count). The van der Waals surface area contributed by atoms with E-state index < -0.39 is 0 Å². The Labute approximate surface area is 155 Å². The fourth-order valence-corrected chi connectivity index (χ4v) is 2.55. The molecule has 0 N–H and O–H groups in total. The first-order valence-corrected chi connectivity index (χ1v) is 9.65. The predicted octanol–water partition coefficient (Wildman–Crippen LogP) is 6.09. The van der Waals surface area contributed by atoms with E-state index in [0.717, 1.165) is 51.4 Å². The molecule has 0 spiro atoms. The van der Waals surface area contributed by atoms with E-state index in [0.29, 0.717) is 17.9 Å². The summed E-state index contributed by atoms with van der Waals surface area (Å²) < 4.78 is 10.7. The number of carbonyl (C=O) groups is 2. The van der Waals surface area contributed by atoms with Gasteiger partial charge in [0.1, 0.15) is 0 Å². The zero-order valence-corrected chi connectivity index (χ0v) is 16.1. The summed E-state index contributed by atoms with van der Waals surface area (Å²) in [6.07, 6.45) is 8.73. The minimum Gasteiger partial charge on any atom is -0.423 e. The van der Waals surface area contributed by atoms with Crippen LogP contribution in [0, 0.1) is 0 Å². The summed E-state index contributed by atoms with van der Waals surface area (Å²) in [5.41, 5.74) is 0. The topological polar surface area (TPSA) is 52.6 Å². The maximum absolute atomic E-state index is 12.0. The van der Waals surface area contributed by atoms with E-state index in [1.54, 1.807) is 12.1 Å². The van der Waals surface area contributed by atoms with Crippen molar-refractivity contribution in [3.8, 4) is 11.5 Å². The highest BCUT2D eigenvalue weighted by Crippen LogP contribution is 2.31. The molecular formula is C20H29ClO4. The molecule has 0 aliphatic heterocycles. The number of esters is 2. The number of ether oxygens (including phenoxy) is 2. The number of hydrogen-bond acceptors (Lipinski definition) is 4. The van der Waals surface area contributed by atoms with E-state index in [4.69, 9.17) is 21.1 Å². The SMILES string of the molecule is CCCCCCC(=O)Oc1ccc(Cl)cc1OC(=O)CCCCCC. The van der Waals surface area contributed by atoms with Gasteiger partial charge in [-0.3, -0.25) is 9.59 Å². The Hall–Kier alpha value is -1.55. The van der Waals surface area contributed by atoms with Crippen molar-refractivity contribution in [2.24, 2.45) is 0 Å². The lowest BCUT2D eigenvalue weighted by Gasteiger charge is -2.11. The van der Waals surface area contributed by atoms with Gasteiger partial charge in [0.05, 0.1) is 0 Å². The Morgan fingerprint density at radius 1 is 0.800 bits per heavy atom. The molecule has 0 heterocycles. The maximum atomic E-state index is 12.0. The van der Waals surface area contributed by atoms with Gasteiger partial charge < -0.3 is 9.47 Å². The Bertz CT molecular complexity index is 542. The molecule has 0 bridgehead atoms. The van der Waals surface area contributed by atoms with Gasteiger partial charge in [0.2, 0.25) is 0 Å². The van der Waals surface area contributed by atoms with E-state index in [-0.39, 0.29) is 23.4 Å². The summed E-state index contributed by atoms with van der Waals surface area (Å²) in [6.45, 7) is 4.24. The van der Waals surface area contributed by atoms with Gasteiger partial charge in [-0.25, -0.2) is 0 Å². The van der Waals surface area contributed by atoms with Crippen molar-refractivity contribution in [3.63, 3.8) is 0 Å². The van der Waals surface area contributed by atoms with Gasteiger partial charge in [-0.15, -0.1) is 0 Å². The molecule has 1 aromatic carbocycles. The van der Waals surface area contributed by atoms with E-state index in [9.17, 15) is 9.59 Å². The molecule has 0 fully saturated rings. The smallest absolute Gasteiger partial charge is 0.311 e. The molecule has 0 saturated carbocycles. The monoisotopic (exact) mass is 368 g/mol. The Morgan fingerprint density at radius 3 is 1.84 bits per heavy atom. The zero-order valence-electron chi connectivity index (χ0n) is 15.3. The van der Waals surface area contributed by atoms with Crippen LogP contribution in [0.5, 0.6) is 11.5 Å². The van der Waals surface area contributed by atoms with Crippen LogP contribution in [0.2, 0.25) is 5.02 Å². The van der Waals surface area contributed by atoms with Crippen LogP contribution in [0.15, 0.2) is 18.2 Å². The van der Waals surface area contributed by atoms with Crippen molar-refractivity contribution in [1.29, 1.82) is 0 Å². The van der Waals surface area contributed by atoms with Gasteiger partial charge in [0.25, 0.3) is 0 Å². The van der Waals surface area contributed by atoms with Crippen LogP contribution in [0.1, 0.15) is 78.1 Å². The molecule has 0 amide bonds. The third-order valence-electron chi connectivity index (χ3n) is 3.82. The van der Waals surface area contributed by atoms with Gasteiger partial charge in [0, 0.05) is 23.9 Å². The molecule has 0 radical (unpaired) electrons. The second kappa shape index (κ2) is 12.8. The first-order chi connectivity index (χ1) is 12.1. The van der Waals surface area contributed by atoms with Crippen molar-refractivity contribution in [2.75, 3.05) is 0 Å². The molecule has 140 valence electrons. The number of unbranched alkanes of at least 4 members (excludes halogenated alkanes) is 6. The molecule has 4 nitrogen and oxygen atoms in total. The summed E-state index contributed by atoms with van der Waals surface area (Å²) in [5.74, 6) is -0.209. The number of benzene rings is 1. The highest BCUT2D eigenvalue weighted by molar-refractivity contribution is 6.30. The average Bonchev–Trinajstić information content (AvgIpc) is 2.58. The number of rotatable bonds is 12. The highest BCUT2D eigenvalue weighted by Gasteiger charge is 2.14. The van der Waals surface area contributed by atoms with Crippen LogP contribution in [0.25, 0.3) is 0 Å². The molecule has 0 unspecified atom stereocenters. The fraction of sp³-hybridized carbons (Fsp3) is 0.600. The van der Waals surface area contributed by atoms with Crippen LogP contribution in [0.4, 0.5) is 0 Å². The van der Waals surface area contributed by atoms with Crippen LogP contribution in [-0.4, -0.2) is 11.9 Å². The van der Waals surface area contributed by atoms with Gasteiger partial charge in [-0.2, -0.15) is 0 Å². The van der Waals surface area contributed by atoms with Gasteiger partial charge in [-0.05, 0) is 25.0 Å². The fourth-order valence-electron chi connectivity index (χ4n) is 2.39. The number of carbonyl (C=O) groups excluding carboxylic acids is 2. The molecule has 0 aromatic heterocycles. The molecule has 0 aliphatic rings. The Morgan fingerprint density at radius 2 is 1.32 bits per heavy atom. The van der Waals surface area contributed by atoms with Gasteiger partial charge in [0.15, 0.2) is 11.5 Å². The first kappa shape index (κ1) is 21.5. The van der Waals surface area contributed by atoms with Crippen LogP contribution in [-0.2, 0) is 9.59 Å². The molecular weight excluding hydrogens is 340 g/mol. The zero-order chi connectivity index (χ0) is 18.5. The first-order valence-electron chi connectivity index (χ1n) is 9.27. The second-order valence-corrected chi connectivity index (χ2v) is 6.60. The third-order valence-corrected chi connectivity index (χ3v) is 4.06. The molecule has 0 aliphatic carbocycles. The molecule has 25 heavy (non-hydrogen) atoms. The molecule has 5 heteroatoms. The van der Waals surface area contributed by atoms with E-state index in [2.05, 4.69) is 13.8 Å².